The highest BCUT2D eigenvalue weighted by atomic mass is 19.1. The lowest BCUT2D eigenvalue weighted by molar-refractivity contribution is 0.188. The Morgan fingerprint density at radius 2 is 1.84 bits per heavy atom. The molecule has 0 spiro atoms. The van der Waals surface area contributed by atoms with Crippen molar-refractivity contribution in [2.24, 2.45) is 0 Å². The van der Waals surface area contributed by atoms with Gasteiger partial charge in [-0.15, -0.1) is 0 Å². The predicted octanol–water partition coefficient (Wildman–Crippen LogP) is 4.54. The highest BCUT2D eigenvalue weighted by Crippen LogP contribution is 2.37. The van der Waals surface area contributed by atoms with E-state index in [1.165, 1.54) is 12.1 Å². The highest BCUT2D eigenvalue weighted by molar-refractivity contribution is 5.99. The van der Waals surface area contributed by atoms with Gasteiger partial charge < -0.3 is 19.9 Å². The van der Waals surface area contributed by atoms with E-state index >= 15 is 4.39 Å². The number of likely N-dealkylation sites (tertiary alicyclic amines) is 1. The van der Waals surface area contributed by atoms with Crippen LogP contribution in [0.2, 0.25) is 0 Å². The summed E-state index contributed by atoms with van der Waals surface area (Å²) in [6.45, 7) is 3.11. The average molecular weight is 517 g/mol. The number of rotatable bonds is 5. The molecule has 7 rings (SSSR count). The van der Waals surface area contributed by atoms with Gasteiger partial charge in [0.2, 0.25) is 0 Å². The van der Waals surface area contributed by atoms with Crippen molar-refractivity contribution < 1.29 is 13.5 Å². The lowest BCUT2D eigenvalue weighted by atomic mass is 10.0. The van der Waals surface area contributed by atoms with Crippen LogP contribution in [0.15, 0.2) is 42.6 Å². The summed E-state index contributed by atoms with van der Waals surface area (Å²) >= 11 is 0. The summed E-state index contributed by atoms with van der Waals surface area (Å²) in [5.74, 6) is -0.194. The Bertz CT molecular complexity index is 1520. The van der Waals surface area contributed by atoms with Gasteiger partial charge in [0.25, 0.3) is 0 Å². The summed E-state index contributed by atoms with van der Waals surface area (Å²) < 4.78 is 36.6. The zero-order valence-electron chi connectivity index (χ0n) is 21.3. The van der Waals surface area contributed by atoms with Gasteiger partial charge in [0, 0.05) is 53.7 Å². The molecule has 196 valence electrons. The number of piperazine rings is 1. The third-order valence-corrected chi connectivity index (χ3v) is 8.34. The van der Waals surface area contributed by atoms with E-state index in [9.17, 15) is 4.39 Å². The minimum Gasteiger partial charge on any atom is -0.462 e. The van der Waals surface area contributed by atoms with E-state index in [1.807, 2.05) is 6.07 Å². The Morgan fingerprint density at radius 3 is 2.63 bits per heavy atom. The molecule has 1 N–H and O–H groups in total. The zero-order valence-corrected chi connectivity index (χ0v) is 21.3. The van der Waals surface area contributed by atoms with Crippen LogP contribution in [0.1, 0.15) is 25.7 Å². The minimum absolute atomic E-state index is 0.187. The maximum atomic E-state index is 16.4. The van der Waals surface area contributed by atoms with Gasteiger partial charge in [0.15, 0.2) is 5.82 Å². The van der Waals surface area contributed by atoms with Crippen molar-refractivity contribution in [3.05, 3.63) is 54.2 Å². The van der Waals surface area contributed by atoms with Gasteiger partial charge >= 0.3 is 6.01 Å². The largest absolute Gasteiger partial charge is 0.462 e. The van der Waals surface area contributed by atoms with Crippen molar-refractivity contribution >= 4 is 27.5 Å². The number of nitrogens with one attached hydrogen (secondary N) is 1. The molecule has 38 heavy (non-hydrogen) atoms. The summed E-state index contributed by atoms with van der Waals surface area (Å²) in [5.41, 5.74) is 0.861. The van der Waals surface area contributed by atoms with E-state index in [-0.39, 0.29) is 17.1 Å². The van der Waals surface area contributed by atoms with Crippen LogP contribution in [0, 0.1) is 11.6 Å². The smallest absolute Gasteiger partial charge is 0.319 e. The maximum Gasteiger partial charge on any atom is 0.319 e. The summed E-state index contributed by atoms with van der Waals surface area (Å²) in [6, 6.07) is 11.1. The van der Waals surface area contributed by atoms with Crippen molar-refractivity contribution in [2.75, 3.05) is 38.2 Å². The summed E-state index contributed by atoms with van der Waals surface area (Å²) in [5, 5.41) is 5.64. The molecule has 3 atom stereocenters. The fourth-order valence-electron chi connectivity index (χ4n) is 6.30. The van der Waals surface area contributed by atoms with Crippen LogP contribution in [-0.2, 0) is 0 Å². The third kappa shape index (κ3) is 4.14. The van der Waals surface area contributed by atoms with E-state index < -0.39 is 11.6 Å². The molecule has 0 amide bonds. The molecule has 2 aromatic heterocycles. The van der Waals surface area contributed by atoms with E-state index in [1.54, 1.807) is 24.4 Å². The maximum absolute atomic E-state index is 16.4. The van der Waals surface area contributed by atoms with Crippen molar-refractivity contribution in [2.45, 2.75) is 43.8 Å². The second kappa shape index (κ2) is 9.39. The first-order valence-corrected chi connectivity index (χ1v) is 13.4. The molecule has 2 aromatic carbocycles. The molecule has 9 heteroatoms. The molecule has 0 saturated carbocycles. The number of halogens is 2. The van der Waals surface area contributed by atoms with Gasteiger partial charge in [0.1, 0.15) is 23.8 Å². The minimum atomic E-state index is -0.503. The summed E-state index contributed by atoms with van der Waals surface area (Å²) in [7, 11) is 2.09. The molecule has 3 fully saturated rings. The first-order chi connectivity index (χ1) is 18.5. The number of aromatic nitrogens is 3. The molecule has 3 saturated heterocycles. The van der Waals surface area contributed by atoms with E-state index in [2.05, 4.69) is 32.1 Å². The molecular weight excluding hydrogens is 486 g/mol. The standard InChI is InChI=1S/C29H30F2N6O/c1-36-12-2-3-21(36)16-38-29-34-27-23(28(35-29)37-14-19-6-7-20(15-37)33-19)9-8-22(25(27)31)26-24-13-18(30)5-4-17(24)10-11-32-26/h4-5,8-11,13,19-21,33H,2-3,6-7,12,14-16H2,1H3/t19?,20?,21-/m0/s1. The monoisotopic (exact) mass is 516 g/mol. The second-order valence-corrected chi connectivity index (χ2v) is 10.8. The van der Waals surface area contributed by atoms with Gasteiger partial charge in [-0.3, -0.25) is 4.98 Å². The van der Waals surface area contributed by atoms with Gasteiger partial charge in [-0.1, -0.05) is 6.07 Å². The van der Waals surface area contributed by atoms with Gasteiger partial charge in [0.05, 0.1) is 5.69 Å². The second-order valence-electron chi connectivity index (χ2n) is 10.8. The first kappa shape index (κ1) is 23.7. The van der Waals surface area contributed by atoms with Gasteiger partial charge in [-0.25, -0.2) is 8.78 Å². The van der Waals surface area contributed by atoms with Crippen molar-refractivity contribution in [1.29, 1.82) is 0 Å². The number of hydrogen-bond acceptors (Lipinski definition) is 7. The number of benzene rings is 2. The summed E-state index contributed by atoms with van der Waals surface area (Å²) in [6.07, 6.45) is 6.06. The topological polar surface area (TPSA) is 66.4 Å². The number of anilines is 1. The molecule has 3 aliphatic heterocycles. The molecule has 7 nitrogen and oxygen atoms in total. The number of fused-ring (bicyclic) bond motifs is 4. The Morgan fingerprint density at radius 1 is 1.00 bits per heavy atom. The van der Waals surface area contributed by atoms with Crippen molar-refractivity contribution in [1.82, 2.24) is 25.2 Å². The van der Waals surface area contributed by atoms with Crippen LogP contribution in [0.25, 0.3) is 32.9 Å². The first-order valence-electron chi connectivity index (χ1n) is 13.4. The van der Waals surface area contributed by atoms with Gasteiger partial charge in [-0.05, 0) is 75.0 Å². The fourth-order valence-corrected chi connectivity index (χ4v) is 6.30. The lowest BCUT2D eigenvalue weighted by Crippen LogP contribution is -2.51. The zero-order chi connectivity index (χ0) is 25.8. The molecule has 0 aliphatic carbocycles. The molecule has 0 radical (unpaired) electrons. The average Bonchev–Trinajstić information content (AvgIpc) is 3.50. The molecule has 3 aliphatic rings. The number of pyridine rings is 1. The molecule has 5 heterocycles. The number of nitrogens with zero attached hydrogens (tertiary/aromatic N) is 5. The van der Waals surface area contributed by atoms with Crippen LogP contribution < -0.4 is 15.0 Å². The highest BCUT2D eigenvalue weighted by Gasteiger charge is 2.34. The van der Waals surface area contributed by atoms with Crippen LogP contribution >= 0.6 is 0 Å². The normalized spacial score (nSPS) is 23.6. The number of likely N-dealkylation sites (N-methyl/N-ethyl adjacent to an activating group) is 1. The number of ether oxygens (including phenoxy) is 1. The van der Waals surface area contributed by atoms with E-state index in [0.717, 1.165) is 50.7 Å². The van der Waals surface area contributed by atoms with Crippen LogP contribution in [0.5, 0.6) is 6.01 Å². The molecule has 2 unspecified atom stereocenters. The van der Waals surface area contributed by atoms with E-state index in [0.29, 0.717) is 47.0 Å². The fraction of sp³-hybridized carbons (Fsp3) is 0.414. The Labute approximate surface area is 219 Å². The predicted molar refractivity (Wildman–Crippen MR) is 143 cm³/mol. The lowest BCUT2D eigenvalue weighted by Gasteiger charge is -2.34. The Kier molecular flexibility index (Phi) is 5.85. The molecular formula is C29H30F2N6O. The molecule has 4 aromatic rings. The van der Waals surface area contributed by atoms with E-state index in [4.69, 9.17) is 9.72 Å². The van der Waals surface area contributed by atoms with Crippen molar-refractivity contribution in [3.63, 3.8) is 0 Å². The number of hydrogen-bond donors (Lipinski definition) is 1. The third-order valence-electron chi connectivity index (χ3n) is 8.34. The SMILES string of the molecule is CN1CCC[C@H]1COc1nc(N2CC3CCC(C2)N3)c2ccc(-c3nccc4ccc(F)cc34)c(F)c2n1. The van der Waals surface area contributed by atoms with Crippen molar-refractivity contribution in [3.8, 4) is 17.3 Å². The quantitative estimate of drug-likeness (QED) is 0.418. The summed E-state index contributed by atoms with van der Waals surface area (Å²) in [4.78, 5) is 18.4. The van der Waals surface area contributed by atoms with Gasteiger partial charge in [-0.2, -0.15) is 9.97 Å². The Hall–Kier alpha value is -3.43. The van der Waals surface area contributed by atoms with Crippen LogP contribution in [0.4, 0.5) is 14.6 Å². The van der Waals surface area contributed by atoms with Crippen LogP contribution in [0.3, 0.4) is 0 Å². The van der Waals surface area contributed by atoms with Crippen LogP contribution in [-0.4, -0.2) is 71.3 Å². The molecule has 2 bridgehead atoms. The Balaban J connectivity index is 1.35.